The van der Waals surface area contributed by atoms with Crippen molar-refractivity contribution in [1.82, 2.24) is 14.8 Å². The quantitative estimate of drug-likeness (QED) is 0.440. The highest BCUT2D eigenvalue weighted by atomic mass is 16.6. The summed E-state index contributed by atoms with van der Waals surface area (Å²) in [6, 6.07) is 12.0. The minimum absolute atomic E-state index is 0.0226. The van der Waals surface area contributed by atoms with Crippen molar-refractivity contribution in [3.05, 3.63) is 65.3 Å². The molecule has 4 amide bonds. The van der Waals surface area contributed by atoms with E-state index < -0.39 is 30.1 Å². The molecule has 3 aromatic rings. The number of rotatable bonds is 3. The van der Waals surface area contributed by atoms with Gasteiger partial charge in [-0.25, -0.2) is 24.7 Å². The van der Waals surface area contributed by atoms with E-state index in [1.165, 1.54) is 40.3 Å². The molecule has 12 nitrogen and oxygen atoms in total. The molecule has 178 valence electrons. The molecular weight excluding hydrogens is 468 g/mol. The zero-order valence-corrected chi connectivity index (χ0v) is 18.5. The van der Waals surface area contributed by atoms with Gasteiger partial charge in [-0.1, -0.05) is 24.3 Å². The predicted octanol–water partition coefficient (Wildman–Crippen LogP) is 2.70. The summed E-state index contributed by atoms with van der Waals surface area (Å²) in [7, 11) is 0. The van der Waals surface area contributed by atoms with Gasteiger partial charge in [0, 0.05) is 29.4 Å². The highest BCUT2D eigenvalue weighted by Crippen LogP contribution is 2.43. The van der Waals surface area contributed by atoms with E-state index in [1.54, 1.807) is 24.3 Å². The number of urea groups is 1. The van der Waals surface area contributed by atoms with Crippen LogP contribution < -0.4 is 9.64 Å². The number of hydrogen-bond donors (Lipinski definition) is 1. The summed E-state index contributed by atoms with van der Waals surface area (Å²) in [5.41, 5.74) is 0.461. The zero-order chi connectivity index (χ0) is 25.1. The third-order valence-corrected chi connectivity index (χ3v) is 6.88. The summed E-state index contributed by atoms with van der Waals surface area (Å²) in [4.78, 5) is 58.7. The molecule has 1 N–H and O–H groups in total. The Kier molecular flexibility index (Phi) is 4.62. The van der Waals surface area contributed by atoms with Crippen LogP contribution in [-0.2, 0) is 4.79 Å². The Morgan fingerprint density at radius 2 is 1.86 bits per heavy atom. The molecule has 0 radical (unpaired) electrons. The van der Waals surface area contributed by atoms with Crippen LogP contribution in [0, 0.1) is 16.2 Å². The van der Waals surface area contributed by atoms with E-state index in [2.05, 4.69) is 4.98 Å². The lowest BCUT2D eigenvalue weighted by atomic mass is 10.1. The van der Waals surface area contributed by atoms with Crippen molar-refractivity contribution in [2.75, 3.05) is 11.4 Å². The lowest BCUT2D eigenvalue weighted by Crippen LogP contribution is -2.55. The largest absolute Gasteiger partial charge is 0.415 e. The van der Waals surface area contributed by atoms with E-state index in [0.29, 0.717) is 22.9 Å². The average Bonchev–Trinajstić information content (AvgIpc) is 3.55. The summed E-state index contributed by atoms with van der Waals surface area (Å²) >= 11 is 0. The molecule has 1 aromatic heterocycles. The first-order valence-electron chi connectivity index (χ1n) is 11.1. The van der Waals surface area contributed by atoms with Gasteiger partial charge in [-0.2, -0.15) is 5.26 Å². The Balaban J connectivity index is 1.27. The van der Waals surface area contributed by atoms with Gasteiger partial charge in [0.05, 0.1) is 28.9 Å². The fourth-order valence-corrected chi connectivity index (χ4v) is 5.33. The number of pyridine rings is 1. The standard InChI is InChI=1S/C24H17N6O6/c25-10-18-16-3-1-2-4-17(16)20(11-26-18)29-22(31)21-19-9-14(28(21)23(29)32)12-27(19)24(33)36-15-7-5-13(6-8-15)30(34)35/h1-8,11,14,19,21H,9,12H2,(H,34,35)/q+1/t14?,19?,21-/m1/s1. The normalized spacial score (nSPS) is 22.2. The van der Waals surface area contributed by atoms with Crippen LogP contribution in [0.1, 0.15) is 12.1 Å². The number of piperazine rings is 1. The van der Waals surface area contributed by atoms with Crippen LogP contribution in [0.25, 0.3) is 10.8 Å². The van der Waals surface area contributed by atoms with E-state index in [0.717, 1.165) is 4.90 Å². The number of nitriles is 1. The van der Waals surface area contributed by atoms with Crippen LogP contribution in [0.4, 0.5) is 21.0 Å². The van der Waals surface area contributed by atoms with Crippen LogP contribution >= 0.6 is 0 Å². The van der Waals surface area contributed by atoms with Crippen molar-refractivity contribution in [2.24, 2.45) is 0 Å². The van der Waals surface area contributed by atoms with Gasteiger partial charge in [0.2, 0.25) is 0 Å². The van der Waals surface area contributed by atoms with Crippen molar-refractivity contribution >= 4 is 40.2 Å². The Morgan fingerprint density at radius 1 is 1.14 bits per heavy atom. The molecule has 3 aliphatic heterocycles. The first kappa shape index (κ1) is 21.5. The van der Waals surface area contributed by atoms with Gasteiger partial charge in [-0.05, 0) is 18.6 Å². The summed E-state index contributed by atoms with van der Waals surface area (Å²) in [6.45, 7) is 0.211. The number of aromatic nitrogens is 1. The molecule has 2 unspecified atom stereocenters. The summed E-state index contributed by atoms with van der Waals surface area (Å²) in [5.74, 6) is -0.305. The van der Waals surface area contributed by atoms with Crippen LogP contribution in [0.2, 0.25) is 0 Å². The Labute approximate surface area is 203 Å². The summed E-state index contributed by atoms with van der Waals surface area (Å²) < 4.78 is 5.41. The van der Waals surface area contributed by atoms with E-state index >= 15 is 0 Å². The van der Waals surface area contributed by atoms with Gasteiger partial charge in [-0.15, -0.1) is 0 Å². The van der Waals surface area contributed by atoms with E-state index in [-0.39, 0.29) is 34.6 Å². The SMILES string of the molecule is N#Cc1ncc(N2C(=O)[C@H]3C4CC(CN4C(=O)Oc4ccc([N+](=O)O)cc4)N3C2=O)c2ccccc12. The van der Waals surface area contributed by atoms with Crippen LogP contribution in [0.3, 0.4) is 0 Å². The number of benzene rings is 2. The van der Waals surface area contributed by atoms with Crippen molar-refractivity contribution in [3.63, 3.8) is 0 Å². The van der Waals surface area contributed by atoms with Crippen LogP contribution in [0.5, 0.6) is 5.75 Å². The number of carbonyl (C=O) groups excluding carboxylic acids is 3. The average molecular weight is 485 g/mol. The van der Waals surface area contributed by atoms with Crippen LogP contribution in [-0.4, -0.2) is 67.6 Å². The minimum atomic E-state index is -0.857. The molecule has 2 bridgehead atoms. The number of likely N-dealkylation sites (tertiary alicyclic amines) is 1. The third kappa shape index (κ3) is 2.99. The molecule has 0 spiro atoms. The number of imide groups is 1. The second-order valence-electron chi connectivity index (χ2n) is 8.70. The van der Waals surface area contributed by atoms with Gasteiger partial charge < -0.3 is 14.5 Å². The van der Waals surface area contributed by atoms with Crippen molar-refractivity contribution in [1.29, 1.82) is 5.26 Å². The Bertz CT molecular complexity index is 1520. The van der Waals surface area contributed by atoms with E-state index in [1.807, 2.05) is 6.07 Å². The number of nitrogens with zero attached hydrogens (tertiary/aromatic N) is 6. The molecule has 36 heavy (non-hydrogen) atoms. The molecular formula is C24H17N6O6+. The molecule has 3 saturated heterocycles. The van der Waals surface area contributed by atoms with Crippen molar-refractivity contribution in [2.45, 2.75) is 24.5 Å². The monoisotopic (exact) mass is 485 g/mol. The zero-order valence-electron chi connectivity index (χ0n) is 18.5. The maximum Gasteiger partial charge on any atom is 0.415 e. The van der Waals surface area contributed by atoms with E-state index in [9.17, 15) is 24.6 Å². The smallest absolute Gasteiger partial charge is 0.410 e. The third-order valence-electron chi connectivity index (χ3n) is 6.88. The molecule has 0 aliphatic carbocycles. The van der Waals surface area contributed by atoms with Gasteiger partial charge in [0.1, 0.15) is 23.6 Å². The summed E-state index contributed by atoms with van der Waals surface area (Å²) in [5, 5.41) is 19.4. The van der Waals surface area contributed by atoms with E-state index in [4.69, 9.17) is 9.94 Å². The number of anilines is 1. The number of ether oxygens (including phenoxy) is 1. The number of carbonyl (C=O) groups is 3. The van der Waals surface area contributed by atoms with Gasteiger partial charge in [-0.3, -0.25) is 4.79 Å². The Hall–Kier alpha value is -5.05. The fourth-order valence-electron chi connectivity index (χ4n) is 5.33. The number of amides is 4. The molecule has 4 heterocycles. The van der Waals surface area contributed by atoms with Crippen molar-refractivity contribution in [3.8, 4) is 11.8 Å². The minimum Gasteiger partial charge on any atom is -0.410 e. The maximum atomic E-state index is 13.5. The number of fused-ring (bicyclic) bond motifs is 6. The second kappa shape index (κ2) is 7.74. The van der Waals surface area contributed by atoms with Gasteiger partial charge in [0.15, 0.2) is 0 Å². The predicted molar refractivity (Wildman–Crippen MR) is 121 cm³/mol. The fraction of sp³-hybridized carbons (Fsp3) is 0.208. The molecule has 6 rings (SSSR count). The first-order valence-corrected chi connectivity index (χ1v) is 11.1. The highest BCUT2D eigenvalue weighted by molar-refractivity contribution is 6.25. The molecule has 3 aliphatic rings. The molecule has 3 atom stereocenters. The van der Waals surface area contributed by atoms with Crippen molar-refractivity contribution < 1.29 is 29.3 Å². The lowest BCUT2D eigenvalue weighted by molar-refractivity contribution is -0.729. The van der Waals surface area contributed by atoms with Crippen LogP contribution in [0.15, 0.2) is 54.7 Å². The van der Waals surface area contributed by atoms with Gasteiger partial charge in [0.25, 0.3) is 10.8 Å². The number of hydrogen-bond acceptors (Lipinski definition) is 7. The molecule has 0 saturated carbocycles. The Morgan fingerprint density at radius 3 is 2.56 bits per heavy atom. The van der Waals surface area contributed by atoms with Gasteiger partial charge >= 0.3 is 17.8 Å². The summed E-state index contributed by atoms with van der Waals surface area (Å²) in [6.07, 6.45) is 1.12. The first-order chi connectivity index (χ1) is 17.4. The maximum absolute atomic E-state index is 13.5. The topological polar surface area (TPSA) is 147 Å². The lowest BCUT2D eigenvalue weighted by Gasteiger charge is -2.34. The second-order valence-corrected chi connectivity index (χ2v) is 8.70. The molecule has 3 fully saturated rings. The molecule has 12 heteroatoms. The molecule has 2 aromatic carbocycles. The highest BCUT2D eigenvalue weighted by Gasteiger charge is 2.63.